The molecule has 2 amide bonds. The lowest BCUT2D eigenvalue weighted by Gasteiger charge is -2.07. The maximum absolute atomic E-state index is 11.6. The summed E-state index contributed by atoms with van der Waals surface area (Å²) in [5.41, 5.74) is 6.65. The van der Waals surface area contributed by atoms with Gasteiger partial charge < -0.3 is 15.8 Å². The van der Waals surface area contributed by atoms with Gasteiger partial charge >= 0.3 is 6.09 Å². The van der Waals surface area contributed by atoms with Gasteiger partial charge in [-0.25, -0.2) is 4.79 Å². The Hall–Kier alpha value is -2.08. The number of hydrogen-bond donors (Lipinski definition) is 3. The Kier molecular flexibility index (Phi) is 6.38. The monoisotopic (exact) mass is 265 g/mol. The molecule has 19 heavy (non-hydrogen) atoms. The van der Waals surface area contributed by atoms with Gasteiger partial charge in [-0.1, -0.05) is 0 Å². The largest absolute Gasteiger partial charge is 0.453 e. The fourth-order valence-electron chi connectivity index (χ4n) is 1.46. The summed E-state index contributed by atoms with van der Waals surface area (Å²) in [5.74, 6) is -0.0397. The molecule has 1 aromatic rings. The fourth-order valence-corrected chi connectivity index (χ4v) is 1.46. The van der Waals surface area contributed by atoms with Crippen LogP contribution in [0.2, 0.25) is 0 Å². The Bertz CT molecular complexity index is 418. The van der Waals surface area contributed by atoms with Gasteiger partial charge in [0.15, 0.2) is 0 Å². The topological polar surface area (TPSA) is 93.5 Å². The highest BCUT2D eigenvalue weighted by atomic mass is 16.5. The summed E-state index contributed by atoms with van der Waals surface area (Å²) in [5, 5.41) is 5.30. The molecule has 0 unspecified atom stereocenters. The van der Waals surface area contributed by atoms with Gasteiger partial charge in [-0.2, -0.15) is 0 Å². The van der Waals surface area contributed by atoms with Crippen LogP contribution in [0, 0.1) is 0 Å². The molecule has 4 N–H and O–H groups in total. The lowest BCUT2D eigenvalue weighted by molar-refractivity contribution is -0.116. The lowest BCUT2D eigenvalue weighted by Crippen LogP contribution is -2.13. The van der Waals surface area contributed by atoms with E-state index in [-0.39, 0.29) is 5.91 Å². The third kappa shape index (κ3) is 5.87. The molecule has 104 valence electrons. The zero-order valence-corrected chi connectivity index (χ0v) is 10.9. The van der Waals surface area contributed by atoms with Gasteiger partial charge in [-0.05, 0) is 43.7 Å². The normalized spacial score (nSPS) is 9.79. The van der Waals surface area contributed by atoms with Crippen molar-refractivity contribution < 1.29 is 14.3 Å². The van der Waals surface area contributed by atoms with Crippen LogP contribution in [-0.4, -0.2) is 25.7 Å². The third-order valence-corrected chi connectivity index (χ3v) is 2.46. The minimum atomic E-state index is -0.529. The second kappa shape index (κ2) is 8.10. The van der Waals surface area contributed by atoms with Crippen LogP contribution in [0.1, 0.15) is 19.3 Å². The molecule has 6 nitrogen and oxygen atoms in total. The minimum absolute atomic E-state index is 0.0397. The number of anilines is 2. The first-order valence-corrected chi connectivity index (χ1v) is 6.10. The summed E-state index contributed by atoms with van der Waals surface area (Å²) in [6.45, 7) is 0.598. The fraction of sp³-hybridized carbons (Fsp3) is 0.385. The third-order valence-electron chi connectivity index (χ3n) is 2.46. The van der Waals surface area contributed by atoms with Crippen LogP contribution >= 0.6 is 0 Å². The van der Waals surface area contributed by atoms with Crippen molar-refractivity contribution in [3.05, 3.63) is 24.3 Å². The number of hydrogen-bond acceptors (Lipinski definition) is 4. The van der Waals surface area contributed by atoms with Crippen molar-refractivity contribution in [2.45, 2.75) is 19.3 Å². The van der Waals surface area contributed by atoms with E-state index in [9.17, 15) is 9.59 Å². The van der Waals surface area contributed by atoms with E-state index in [0.717, 1.165) is 12.8 Å². The van der Waals surface area contributed by atoms with Crippen molar-refractivity contribution >= 4 is 23.4 Å². The number of unbranched alkanes of at least 4 members (excludes halogenated alkanes) is 1. The highest BCUT2D eigenvalue weighted by Gasteiger charge is 2.03. The van der Waals surface area contributed by atoms with Gasteiger partial charge in [0.2, 0.25) is 5.91 Å². The van der Waals surface area contributed by atoms with Crippen LogP contribution in [0.4, 0.5) is 16.2 Å². The molecule has 0 bridgehead atoms. The Balaban J connectivity index is 2.43. The Labute approximate surface area is 112 Å². The molecule has 0 aliphatic heterocycles. The minimum Gasteiger partial charge on any atom is -0.453 e. The average Bonchev–Trinajstić information content (AvgIpc) is 2.41. The first kappa shape index (κ1) is 15.0. The summed E-state index contributed by atoms with van der Waals surface area (Å²) in [6, 6.07) is 6.80. The molecule has 6 heteroatoms. The smallest absolute Gasteiger partial charge is 0.411 e. The van der Waals surface area contributed by atoms with Crippen LogP contribution in [0.15, 0.2) is 24.3 Å². The van der Waals surface area contributed by atoms with Gasteiger partial charge in [0.25, 0.3) is 0 Å². The van der Waals surface area contributed by atoms with E-state index in [0.29, 0.717) is 24.3 Å². The van der Waals surface area contributed by atoms with E-state index in [1.807, 2.05) is 0 Å². The van der Waals surface area contributed by atoms with Crippen LogP contribution in [0.3, 0.4) is 0 Å². The van der Waals surface area contributed by atoms with Crippen LogP contribution in [-0.2, 0) is 9.53 Å². The van der Waals surface area contributed by atoms with Gasteiger partial charge in [-0.15, -0.1) is 0 Å². The van der Waals surface area contributed by atoms with Gasteiger partial charge in [0, 0.05) is 17.8 Å². The molecule has 0 atom stereocenters. The number of nitrogens with one attached hydrogen (secondary N) is 2. The van der Waals surface area contributed by atoms with E-state index >= 15 is 0 Å². The zero-order valence-electron chi connectivity index (χ0n) is 10.9. The number of carbonyl (C=O) groups is 2. The number of methoxy groups -OCH3 is 1. The molecule has 0 aliphatic carbocycles. The molecular weight excluding hydrogens is 246 g/mol. The van der Waals surface area contributed by atoms with E-state index in [1.165, 1.54) is 7.11 Å². The van der Waals surface area contributed by atoms with E-state index < -0.39 is 6.09 Å². The predicted molar refractivity (Wildman–Crippen MR) is 74.0 cm³/mol. The molecule has 0 radical (unpaired) electrons. The molecule has 1 aromatic carbocycles. The molecule has 0 fully saturated rings. The van der Waals surface area contributed by atoms with Crippen molar-refractivity contribution in [1.82, 2.24) is 0 Å². The number of rotatable bonds is 6. The van der Waals surface area contributed by atoms with Gasteiger partial charge in [0.1, 0.15) is 0 Å². The molecule has 0 saturated heterocycles. The summed E-state index contributed by atoms with van der Waals surface area (Å²) >= 11 is 0. The molecule has 0 aliphatic rings. The predicted octanol–water partition coefficient (Wildman–Crippen LogP) is 1.93. The second-order valence-corrected chi connectivity index (χ2v) is 3.99. The van der Waals surface area contributed by atoms with Crippen molar-refractivity contribution in [2.75, 3.05) is 24.3 Å². The van der Waals surface area contributed by atoms with Crippen molar-refractivity contribution in [3.63, 3.8) is 0 Å². The summed E-state index contributed by atoms with van der Waals surface area (Å²) < 4.78 is 4.47. The molecular formula is C13H19N3O3. The SMILES string of the molecule is COC(=O)Nc1ccc(NC(=O)CCCCN)cc1. The van der Waals surface area contributed by atoms with Crippen molar-refractivity contribution in [2.24, 2.45) is 5.73 Å². The number of nitrogens with two attached hydrogens (primary N) is 1. The Morgan fingerprint density at radius 1 is 1.11 bits per heavy atom. The highest BCUT2D eigenvalue weighted by Crippen LogP contribution is 2.14. The number of amides is 2. The highest BCUT2D eigenvalue weighted by molar-refractivity contribution is 5.91. The lowest BCUT2D eigenvalue weighted by atomic mass is 10.2. The Morgan fingerprint density at radius 2 is 1.68 bits per heavy atom. The van der Waals surface area contributed by atoms with Crippen LogP contribution < -0.4 is 16.4 Å². The van der Waals surface area contributed by atoms with E-state index in [1.54, 1.807) is 24.3 Å². The number of carbonyl (C=O) groups excluding carboxylic acids is 2. The van der Waals surface area contributed by atoms with Gasteiger partial charge in [-0.3, -0.25) is 10.1 Å². The standard InChI is InChI=1S/C13H19N3O3/c1-19-13(18)16-11-7-5-10(6-8-11)15-12(17)4-2-3-9-14/h5-8H,2-4,9,14H2,1H3,(H,15,17)(H,16,18). The summed E-state index contributed by atoms with van der Waals surface area (Å²) in [4.78, 5) is 22.5. The molecule has 0 spiro atoms. The van der Waals surface area contributed by atoms with E-state index in [4.69, 9.17) is 5.73 Å². The van der Waals surface area contributed by atoms with E-state index in [2.05, 4.69) is 15.4 Å². The van der Waals surface area contributed by atoms with Crippen molar-refractivity contribution in [1.29, 1.82) is 0 Å². The molecule has 1 rings (SSSR count). The average molecular weight is 265 g/mol. The number of ether oxygens (including phenoxy) is 1. The van der Waals surface area contributed by atoms with Gasteiger partial charge in [0.05, 0.1) is 7.11 Å². The molecule has 0 saturated carbocycles. The quantitative estimate of drug-likeness (QED) is 0.685. The number of benzene rings is 1. The second-order valence-electron chi connectivity index (χ2n) is 3.99. The maximum atomic E-state index is 11.6. The van der Waals surface area contributed by atoms with Crippen LogP contribution in [0.5, 0.6) is 0 Å². The Morgan fingerprint density at radius 3 is 2.21 bits per heavy atom. The maximum Gasteiger partial charge on any atom is 0.411 e. The first-order chi connectivity index (χ1) is 9.15. The molecule has 0 aromatic heterocycles. The molecule has 0 heterocycles. The summed E-state index contributed by atoms with van der Waals surface area (Å²) in [7, 11) is 1.30. The summed E-state index contributed by atoms with van der Waals surface area (Å²) in [6.07, 6.45) is 1.55. The zero-order chi connectivity index (χ0) is 14.1. The first-order valence-electron chi connectivity index (χ1n) is 6.10. The van der Waals surface area contributed by atoms with Crippen LogP contribution in [0.25, 0.3) is 0 Å². The van der Waals surface area contributed by atoms with Crippen molar-refractivity contribution in [3.8, 4) is 0 Å².